The van der Waals surface area contributed by atoms with Gasteiger partial charge in [0.1, 0.15) is 11.5 Å². The minimum Gasteiger partial charge on any atom is -0.497 e. The molecule has 1 heterocycles. The van der Waals surface area contributed by atoms with Gasteiger partial charge in [0.15, 0.2) is 0 Å². The van der Waals surface area contributed by atoms with Gasteiger partial charge in [-0.3, -0.25) is 9.69 Å². The molecule has 6 heteroatoms. The fourth-order valence-corrected chi connectivity index (χ4v) is 3.43. The number of amides is 1. The van der Waals surface area contributed by atoms with Crippen LogP contribution < -0.4 is 19.7 Å². The lowest BCUT2D eigenvalue weighted by atomic mass is 10.1. The SMILES string of the molecule is COc1ccc(OC)c(NC(=O)c2ccc(N3CCN(C(C)C)CC3)cc2)c1. The smallest absolute Gasteiger partial charge is 0.255 e. The van der Waals surface area contributed by atoms with E-state index in [0.29, 0.717) is 28.8 Å². The molecular formula is C22H29N3O3. The lowest BCUT2D eigenvalue weighted by Crippen LogP contribution is -2.48. The van der Waals surface area contributed by atoms with Crippen molar-refractivity contribution in [1.82, 2.24) is 4.90 Å². The largest absolute Gasteiger partial charge is 0.497 e. The molecule has 0 bridgehead atoms. The van der Waals surface area contributed by atoms with Crippen LogP contribution in [-0.4, -0.2) is 57.2 Å². The molecule has 1 fully saturated rings. The minimum absolute atomic E-state index is 0.178. The Morgan fingerprint density at radius 3 is 2.21 bits per heavy atom. The highest BCUT2D eigenvalue weighted by molar-refractivity contribution is 6.05. The molecule has 1 amide bonds. The number of benzene rings is 2. The van der Waals surface area contributed by atoms with E-state index in [0.717, 1.165) is 31.9 Å². The van der Waals surface area contributed by atoms with Gasteiger partial charge in [0, 0.05) is 49.5 Å². The first-order valence-corrected chi connectivity index (χ1v) is 9.64. The van der Waals surface area contributed by atoms with E-state index in [1.54, 1.807) is 32.4 Å². The third kappa shape index (κ3) is 4.57. The fourth-order valence-electron chi connectivity index (χ4n) is 3.43. The maximum absolute atomic E-state index is 12.7. The second-order valence-corrected chi connectivity index (χ2v) is 7.18. The van der Waals surface area contributed by atoms with E-state index in [4.69, 9.17) is 9.47 Å². The van der Waals surface area contributed by atoms with Gasteiger partial charge in [0.05, 0.1) is 19.9 Å². The maximum atomic E-state index is 12.7. The van der Waals surface area contributed by atoms with E-state index >= 15 is 0 Å². The molecule has 0 spiro atoms. The zero-order valence-electron chi connectivity index (χ0n) is 17.1. The molecule has 1 saturated heterocycles. The standard InChI is InChI=1S/C22H29N3O3/c1-16(2)24-11-13-25(14-12-24)18-7-5-17(6-8-18)22(26)23-20-15-19(27-3)9-10-21(20)28-4/h5-10,15-16H,11-14H2,1-4H3,(H,23,26). The van der Waals surface area contributed by atoms with Gasteiger partial charge in [-0.2, -0.15) is 0 Å². The van der Waals surface area contributed by atoms with Gasteiger partial charge in [0.2, 0.25) is 0 Å². The second kappa shape index (κ2) is 8.97. The van der Waals surface area contributed by atoms with Crippen molar-refractivity contribution >= 4 is 17.3 Å². The predicted molar refractivity (Wildman–Crippen MR) is 113 cm³/mol. The van der Waals surface area contributed by atoms with E-state index < -0.39 is 0 Å². The number of hydrogen-bond donors (Lipinski definition) is 1. The molecule has 0 radical (unpaired) electrons. The van der Waals surface area contributed by atoms with Gasteiger partial charge in [-0.25, -0.2) is 0 Å². The Morgan fingerprint density at radius 2 is 1.64 bits per heavy atom. The van der Waals surface area contributed by atoms with Crippen molar-refractivity contribution < 1.29 is 14.3 Å². The number of anilines is 2. The first-order chi connectivity index (χ1) is 13.5. The molecule has 1 aliphatic heterocycles. The Bertz CT molecular complexity index is 797. The Kier molecular flexibility index (Phi) is 6.41. The molecule has 0 aromatic heterocycles. The van der Waals surface area contributed by atoms with Crippen LogP contribution in [0.25, 0.3) is 0 Å². The number of carbonyl (C=O) groups excluding carboxylic acids is 1. The van der Waals surface area contributed by atoms with E-state index in [1.165, 1.54) is 0 Å². The summed E-state index contributed by atoms with van der Waals surface area (Å²) in [4.78, 5) is 17.5. The fraction of sp³-hybridized carbons (Fsp3) is 0.409. The highest BCUT2D eigenvalue weighted by Crippen LogP contribution is 2.29. The Morgan fingerprint density at radius 1 is 0.964 bits per heavy atom. The summed E-state index contributed by atoms with van der Waals surface area (Å²) in [5, 5.41) is 2.91. The van der Waals surface area contributed by atoms with E-state index in [-0.39, 0.29) is 5.91 Å². The normalized spacial score (nSPS) is 14.8. The van der Waals surface area contributed by atoms with Crippen molar-refractivity contribution in [2.45, 2.75) is 19.9 Å². The number of rotatable bonds is 6. The summed E-state index contributed by atoms with van der Waals surface area (Å²) in [7, 11) is 3.17. The minimum atomic E-state index is -0.178. The zero-order chi connectivity index (χ0) is 20.1. The lowest BCUT2D eigenvalue weighted by Gasteiger charge is -2.38. The Balaban J connectivity index is 1.66. The van der Waals surface area contributed by atoms with Gasteiger partial charge in [-0.1, -0.05) is 0 Å². The summed E-state index contributed by atoms with van der Waals surface area (Å²) >= 11 is 0. The molecule has 1 aliphatic rings. The average molecular weight is 383 g/mol. The van der Waals surface area contributed by atoms with Crippen LogP contribution in [0.1, 0.15) is 24.2 Å². The van der Waals surface area contributed by atoms with Crippen LogP contribution in [0.5, 0.6) is 11.5 Å². The molecule has 0 atom stereocenters. The number of hydrogen-bond acceptors (Lipinski definition) is 5. The van der Waals surface area contributed by atoms with Crippen molar-refractivity contribution in [1.29, 1.82) is 0 Å². The van der Waals surface area contributed by atoms with Crippen LogP contribution in [0, 0.1) is 0 Å². The first kappa shape index (κ1) is 20.0. The molecule has 28 heavy (non-hydrogen) atoms. The van der Waals surface area contributed by atoms with Crippen LogP contribution in [-0.2, 0) is 0 Å². The van der Waals surface area contributed by atoms with Crippen LogP contribution in [0.4, 0.5) is 11.4 Å². The topological polar surface area (TPSA) is 54.0 Å². The molecule has 2 aromatic carbocycles. The van der Waals surface area contributed by atoms with Crippen molar-refractivity contribution in [2.75, 3.05) is 50.6 Å². The molecule has 6 nitrogen and oxygen atoms in total. The quantitative estimate of drug-likeness (QED) is 0.828. The number of ether oxygens (including phenoxy) is 2. The maximum Gasteiger partial charge on any atom is 0.255 e. The van der Waals surface area contributed by atoms with Gasteiger partial charge < -0.3 is 19.7 Å². The first-order valence-electron chi connectivity index (χ1n) is 9.64. The third-order valence-electron chi connectivity index (χ3n) is 5.19. The van der Waals surface area contributed by atoms with Gasteiger partial charge >= 0.3 is 0 Å². The molecular weight excluding hydrogens is 354 g/mol. The number of nitrogens with zero attached hydrogens (tertiary/aromatic N) is 2. The summed E-state index contributed by atoms with van der Waals surface area (Å²) in [6.07, 6.45) is 0. The van der Waals surface area contributed by atoms with Gasteiger partial charge in [-0.15, -0.1) is 0 Å². The third-order valence-corrected chi connectivity index (χ3v) is 5.19. The lowest BCUT2D eigenvalue weighted by molar-refractivity contribution is 0.102. The van der Waals surface area contributed by atoms with Crippen LogP contribution >= 0.6 is 0 Å². The second-order valence-electron chi connectivity index (χ2n) is 7.18. The van der Waals surface area contributed by atoms with Gasteiger partial charge in [-0.05, 0) is 50.2 Å². The Hall–Kier alpha value is -2.73. The Labute approximate surface area is 167 Å². The summed E-state index contributed by atoms with van der Waals surface area (Å²) < 4.78 is 10.6. The van der Waals surface area contributed by atoms with E-state index in [9.17, 15) is 4.79 Å². The molecule has 1 N–H and O–H groups in total. The van der Waals surface area contributed by atoms with Crippen molar-refractivity contribution in [3.8, 4) is 11.5 Å². The van der Waals surface area contributed by atoms with E-state index in [1.807, 2.05) is 24.3 Å². The van der Waals surface area contributed by atoms with Crippen LogP contribution in [0.3, 0.4) is 0 Å². The van der Waals surface area contributed by atoms with Crippen LogP contribution in [0.2, 0.25) is 0 Å². The molecule has 0 unspecified atom stereocenters. The number of piperazine rings is 1. The van der Waals surface area contributed by atoms with Gasteiger partial charge in [0.25, 0.3) is 5.91 Å². The zero-order valence-corrected chi connectivity index (χ0v) is 17.1. The summed E-state index contributed by atoms with van der Waals surface area (Å²) in [5.41, 5.74) is 2.34. The summed E-state index contributed by atoms with van der Waals surface area (Å²) in [5.74, 6) is 1.07. The van der Waals surface area contributed by atoms with Crippen molar-refractivity contribution in [3.05, 3.63) is 48.0 Å². The predicted octanol–water partition coefficient (Wildman–Crippen LogP) is 3.49. The average Bonchev–Trinajstić information content (AvgIpc) is 2.73. The van der Waals surface area contributed by atoms with Crippen molar-refractivity contribution in [2.24, 2.45) is 0 Å². The molecule has 2 aromatic rings. The molecule has 0 aliphatic carbocycles. The van der Waals surface area contributed by atoms with Crippen LogP contribution in [0.15, 0.2) is 42.5 Å². The highest BCUT2D eigenvalue weighted by atomic mass is 16.5. The molecule has 0 saturated carbocycles. The monoisotopic (exact) mass is 383 g/mol. The molecule has 3 rings (SSSR count). The molecule has 150 valence electrons. The number of carbonyl (C=O) groups is 1. The summed E-state index contributed by atoms with van der Waals surface area (Å²) in [6, 6.07) is 13.7. The van der Waals surface area contributed by atoms with E-state index in [2.05, 4.69) is 29.0 Å². The number of methoxy groups -OCH3 is 2. The highest BCUT2D eigenvalue weighted by Gasteiger charge is 2.19. The van der Waals surface area contributed by atoms with Crippen molar-refractivity contribution in [3.63, 3.8) is 0 Å². The summed E-state index contributed by atoms with van der Waals surface area (Å²) in [6.45, 7) is 8.61. The number of nitrogens with one attached hydrogen (secondary N) is 1.